The first-order valence-electron chi connectivity index (χ1n) is 7.58. The van der Waals surface area contributed by atoms with Crippen LogP contribution >= 0.6 is 0 Å². The predicted octanol–water partition coefficient (Wildman–Crippen LogP) is 3.89. The molecule has 1 rings (SSSR count). The summed E-state index contributed by atoms with van der Waals surface area (Å²) in [4.78, 5) is 14.6. The molecular formula is C16H31NO. The van der Waals surface area contributed by atoms with Gasteiger partial charge in [0.05, 0.1) is 0 Å². The number of nitrogens with zero attached hydrogens (tertiary/aromatic N) is 1. The molecule has 0 spiro atoms. The van der Waals surface area contributed by atoms with E-state index in [9.17, 15) is 4.79 Å². The van der Waals surface area contributed by atoms with E-state index in [1.165, 1.54) is 25.7 Å². The summed E-state index contributed by atoms with van der Waals surface area (Å²) in [6.45, 7) is 12.7. The molecule has 0 unspecified atom stereocenters. The molecule has 1 aliphatic rings. The van der Waals surface area contributed by atoms with E-state index < -0.39 is 0 Å². The first-order chi connectivity index (χ1) is 8.30. The molecule has 2 nitrogen and oxygen atoms in total. The highest BCUT2D eigenvalue weighted by Gasteiger charge is 2.26. The van der Waals surface area contributed by atoms with Crippen LogP contribution in [0.4, 0.5) is 0 Å². The second-order valence-corrected chi connectivity index (χ2v) is 7.25. The molecule has 0 atom stereocenters. The lowest BCUT2D eigenvalue weighted by Crippen LogP contribution is -2.38. The van der Waals surface area contributed by atoms with Crippen LogP contribution in [0.25, 0.3) is 0 Å². The fourth-order valence-electron chi connectivity index (χ4n) is 2.78. The molecule has 2 heteroatoms. The third-order valence-corrected chi connectivity index (χ3v) is 3.90. The Hall–Kier alpha value is -0.370. The maximum Gasteiger partial charge on any atom is 0.139 e. The molecule has 0 N–H and O–H groups in total. The highest BCUT2D eigenvalue weighted by atomic mass is 16.1. The summed E-state index contributed by atoms with van der Waals surface area (Å²) in [5.41, 5.74) is -0.181. The highest BCUT2D eigenvalue weighted by molar-refractivity contribution is 5.83. The smallest absolute Gasteiger partial charge is 0.139 e. The van der Waals surface area contributed by atoms with Crippen LogP contribution in [0.1, 0.15) is 66.7 Å². The van der Waals surface area contributed by atoms with Crippen molar-refractivity contribution < 1.29 is 4.79 Å². The largest absolute Gasteiger partial charge is 0.300 e. The Morgan fingerprint density at radius 3 is 2.22 bits per heavy atom. The summed E-state index contributed by atoms with van der Waals surface area (Å²) >= 11 is 0. The standard InChI is InChI=1S/C16H31NO/c1-13(2)12-17(14-8-6-7-9-14)11-10-15(18)16(3,4)5/h13-14H,6-12H2,1-5H3. The van der Waals surface area contributed by atoms with Crippen LogP contribution in [0.2, 0.25) is 0 Å². The maximum atomic E-state index is 12.0. The van der Waals surface area contributed by atoms with E-state index in [1.54, 1.807) is 0 Å². The molecule has 0 radical (unpaired) electrons. The lowest BCUT2D eigenvalue weighted by molar-refractivity contribution is -0.126. The quantitative estimate of drug-likeness (QED) is 0.715. The van der Waals surface area contributed by atoms with E-state index in [-0.39, 0.29) is 5.41 Å². The summed E-state index contributed by atoms with van der Waals surface area (Å²) in [5.74, 6) is 1.09. The van der Waals surface area contributed by atoms with Crippen LogP contribution in [-0.4, -0.2) is 29.8 Å². The van der Waals surface area contributed by atoms with Crippen LogP contribution in [0, 0.1) is 11.3 Å². The van der Waals surface area contributed by atoms with E-state index >= 15 is 0 Å². The maximum absolute atomic E-state index is 12.0. The van der Waals surface area contributed by atoms with Crippen LogP contribution in [0.15, 0.2) is 0 Å². The Kier molecular flexibility index (Phi) is 5.84. The monoisotopic (exact) mass is 253 g/mol. The Balaban J connectivity index is 2.48. The molecule has 106 valence electrons. The fraction of sp³-hybridized carbons (Fsp3) is 0.938. The molecule has 1 aliphatic carbocycles. The van der Waals surface area contributed by atoms with Gasteiger partial charge in [0.2, 0.25) is 0 Å². The minimum Gasteiger partial charge on any atom is -0.300 e. The van der Waals surface area contributed by atoms with Gasteiger partial charge < -0.3 is 0 Å². The average Bonchev–Trinajstić information content (AvgIpc) is 2.74. The minimum atomic E-state index is -0.181. The number of carbonyl (C=O) groups is 1. The van der Waals surface area contributed by atoms with Crippen LogP contribution in [0.3, 0.4) is 0 Å². The van der Waals surface area contributed by atoms with Gasteiger partial charge in [0.25, 0.3) is 0 Å². The van der Waals surface area contributed by atoms with Gasteiger partial charge in [-0.1, -0.05) is 47.5 Å². The molecule has 1 saturated carbocycles. The van der Waals surface area contributed by atoms with Crippen molar-refractivity contribution in [3.05, 3.63) is 0 Å². The van der Waals surface area contributed by atoms with Gasteiger partial charge in [-0.25, -0.2) is 0 Å². The van der Waals surface area contributed by atoms with Gasteiger partial charge in [0.15, 0.2) is 0 Å². The predicted molar refractivity (Wildman–Crippen MR) is 77.7 cm³/mol. The SMILES string of the molecule is CC(C)CN(CCC(=O)C(C)(C)C)C1CCCC1. The number of carbonyl (C=O) groups excluding carboxylic acids is 1. The first kappa shape index (κ1) is 15.7. The van der Waals surface area contributed by atoms with E-state index in [1.807, 2.05) is 20.8 Å². The minimum absolute atomic E-state index is 0.181. The van der Waals surface area contributed by atoms with Crippen molar-refractivity contribution in [3.63, 3.8) is 0 Å². The summed E-state index contributed by atoms with van der Waals surface area (Å²) in [7, 11) is 0. The summed E-state index contributed by atoms with van der Waals surface area (Å²) in [5, 5.41) is 0. The topological polar surface area (TPSA) is 20.3 Å². The first-order valence-corrected chi connectivity index (χ1v) is 7.58. The zero-order valence-corrected chi connectivity index (χ0v) is 13.0. The Morgan fingerprint density at radius 1 is 1.22 bits per heavy atom. The number of rotatable bonds is 6. The van der Waals surface area contributed by atoms with Gasteiger partial charge in [-0.2, -0.15) is 0 Å². The Morgan fingerprint density at radius 2 is 1.78 bits per heavy atom. The van der Waals surface area contributed by atoms with Crippen molar-refractivity contribution in [1.82, 2.24) is 4.90 Å². The van der Waals surface area contributed by atoms with Gasteiger partial charge in [0.1, 0.15) is 5.78 Å². The third-order valence-electron chi connectivity index (χ3n) is 3.90. The van der Waals surface area contributed by atoms with E-state index in [4.69, 9.17) is 0 Å². The molecule has 18 heavy (non-hydrogen) atoms. The normalized spacial score (nSPS) is 17.9. The second-order valence-electron chi connectivity index (χ2n) is 7.25. The molecule has 0 aromatic rings. The average molecular weight is 253 g/mol. The Bertz CT molecular complexity index is 259. The molecule has 0 amide bonds. The van der Waals surface area contributed by atoms with Gasteiger partial charge >= 0.3 is 0 Å². The van der Waals surface area contributed by atoms with Crippen molar-refractivity contribution in [2.24, 2.45) is 11.3 Å². The van der Waals surface area contributed by atoms with E-state index in [0.717, 1.165) is 19.1 Å². The van der Waals surface area contributed by atoms with Crippen molar-refractivity contribution in [1.29, 1.82) is 0 Å². The van der Waals surface area contributed by atoms with Gasteiger partial charge in [-0.05, 0) is 18.8 Å². The molecule has 0 aromatic heterocycles. The highest BCUT2D eigenvalue weighted by Crippen LogP contribution is 2.25. The third kappa shape index (κ3) is 5.09. The molecule has 1 fully saturated rings. The Labute approximate surface area is 113 Å². The van der Waals surface area contributed by atoms with Crippen LogP contribution in [-0.2, 0) is 4.79 Å². The molecular weight excluding hydrogens is 222 g/mol. The van der Waals surface area contributed by atoms with Crippen molar-refractivity contribution in [3.8, 4) is 0 Å². The van der Waals surface area contributed by atoms with E-state index in [0.29, 0.717) is 18.1 Å². The van der Waals surface area contributed by atoms with Crippen LogP contribution in [0.5, 0.6) is 0 Å². The number of hydrogen-bond donors (Lipinski definition) is 0. The van der Waals surface area contributed by atoms with Gasteiger partial charge in [-0.3, -0.25) is 9.69 Å². The molecule has 0 aliphatic heterocycles. The van der Waals surface area contributed by atoms with Crippen LogP contribution < -0.4 is 0 Å². The summed E-state index contributed by atoms with van der Waals surface area (Å²) < 4.78 is 0. The fourth-order valence-corrected chi connectivity index (χ4v) is 2.78. The summed E-state index contributed by atoms with van der Waals surface area (Å²) in [6.07, 6.45) is 6.11. The van der Waals surface area contributed by atoms with E-state index in [2.05, 4.69) is 18.7 Å². The molecule has 0 heterocycles. The molecule has 0 saturated heterocycles. The van der Waals surface area contributed by atoms with Crippen molar-refractivity contribution >= 4 is 5.78 Å². The zero-order chi connectivity index (χ0) is 13.8. The zero-order valence-electron chi connectivity index (χ0n) is 13.0. The number of ketones is 1. The summed E-state index contributed by atoms with van der Waals surface area (Å²) in [6, 6.07) is 0.736. The molecule has 0 aromatic carbocycles. The lowest BCUT2D eigenvalue weighted by Gasteiger charge is -2.31. The van der Waals surface area contributed by atoms with Gasteiger partial charge in [0, 0.05) is 31.0 Å². The molecule has 0 bridgehead atoms. The number of Topliss-reactive ketones (excluding diaryl/α,β-unsaturated/α-hetero) is 1. The number of hydrogen-bond acceptors (Lipinski definition) is 2. The van der Waals surface area contributed by atoms with Crippen molar-refractivity contribution in [2.45, 2.75) is 72.8 Å². The van der Waals surface area contributed by atoms with Crippen molar-refractivity contribution in [2.75, 3.05) is 13.1 Å². The lowest BCUT2D eigenvalue weighted by atomic mass is 9.89. The second kappa shape index (κ2) is 6.70. The van der Waals surface area contributed by atoms with Gasteiger partial charge in [-0.15, -0.1) is 0 Å².